The van der Waals surface area contributed by atoms with E-state index < -0.39 is 30.1 Å². The van der Waals surface area contributed by atoms with Gasteiger partial charge >= 0.3 is 5.97 Å². The predicted molar refractivity (Wildman–Crippen MR) is 167 cm³/mol. The maximum atomic E-state index is 13.7. The highest BCUT2D eigenvalue weighted by atomic mass is 16.5. The SMILES string of the molecule is CC1=C\[C@@H](O)CC(=O)Cc2nc(co2)C(=O)N2CCC[C@@H]2C(=O)O[C@H]([C@@H](C)CN2CCN(C)CC2)[C@H](C)/C=C/C(=O)NC\C=C\1. The number of ether oxygens (including phenoxy) is 1. The summed E-state index contributed by atoms with van der Waals surface area (Å²) in [5.41, 5.74) is 0.745. The first-order chi connectivity index (χ1) is 21.5. The van der Waals surface area contributed by atoms with Gasteiger partial charge in [0.2, 0.25) is 11.8 Å². The molecule has 2 saturated heterocycles. The first-order valence-electron chi connectivity index (χ1n) is 15.9. The van der Waals surface area contributed by atoms with Crippen LogP contribution in [-0.2, 0) is 25.5 Å². The van der Waals surface area contributed by atoms with E-state index in [1.807, 2.05) is 6.92 Å². The summed E-state index contributed by atoms with van der Waals surface area (Å²) in [6, 6.07) is -0.782. The largest absolute Gasteiger partial charge is 0.460 e. The van der Waals surface area contributed by atoms with Gasteiger partial charge in [0.25, 0.3) is 5.91 Å². The number of amides is 2. The predicted octanol–water partition coefficient (Wildman–Crippen LogP) is 1.76. The van der Waals surface area contributed by atoms with E-state index in [0.29, 0.717) is 19.4 Å². The normalized spacial score (nSPS) is 30.5. The van der Waals surface area contributed by atoms with Crippen molar-refractivity contribution in [3.05, 3.63) is 53.8 Å². The van der Waals surface area contributed by atoms with Gasteiger partial charge in [-0.1, -0.05) is 43.7 Å². The number of carbonyl (C=O) groups excluding carboxylic acids is 4. The summed E-state index contributed by atoms with van der Waals surface area (Å²) >= 11 is 0. The zero-order valence-corrected chi connectivity index (χ0v) is 26.8. The van der Waals surface area contributed by atoms with Gasteiger partial charge in [-0.15, -0.1) is 0 Å². The van der Waals surface area contributed by atoms with E-state index in [9.17, 15) is 24.3 Å². The molecule has 4 rings (SSSR count). The van der Waals surface area contributed by atoms with Gasteiger partial charge in [-0.25, -0.2) is 9.78 Å². The fraction of sp³-hybridized carbons (Fsp3) is 0.606. The number of carbonyl (C=O) groups is 4. The van der Waals surface area contributed by atoms with Gasteiger partial charge < -0.3 is 34.3 Å². The zero-order chi connectivity index (χ0) is 32.5. The maximum Gasteiger partial charge on any atom is 0.329 e. The number of aliphatic hydroxyl groups is 1. The number of piperazine rings is 1. The molecule has 4 heterocycles. The molecule has 0 unspecified atom stereocenters. The van der Waals surface area contributed by atoms with Crippen LogP contribution in [0.4, 0.5) is 0 Å². The topological polar surface area (TPSA) is 146 Å². The third-order valence-corrected chi connectivity index (χ3v) is 8.60. The van der Waals surface area contributed by atoms with Crippen molar-refractivity contribution in [1.29, 1.82) is 0 Å². The number of nitrogens with one attached hydrogen (secondary N) is 1. The van der Waals surface area contributed by atoms with Gasteiger partial charge in [0.15, 0.2) is 5.69 Å². The van der Waals surface area contributed by atoms with E-state index in [4.69, 9.17) is 9.15 Å². The third kappa shape index (κ3) is 9.94. The zero-order valence-electron chi connectivity index (χ0n) is 26.8. The molecule has 2 bridgehead atoms. The molecule has 2 fully saturated rings. The fourth-order valence-corrected chi connectivity index (χ4v) is 6.09. The van der Waals surface area contributed by atoms with Crippen molar-refractivity contribution >= 4 is 23.6 Å². The molecule has 3 aliphatic rings. The Morgan fingerprint density at radius 3 is 2.62 bits per heavy atom. The lowest BCUT2D eigenvalue weighted by atomic mass is 9.91. The van der Waals surface area contributed by atoms with Crippen molar-refractivity contribution in [2.45, 2.75) is 64.7 Å². The van der Waals surface area contributed by atoms with Crippen molar-refractivity contribution in [1.82, 2.24) is 25.0 Å². The molecule has 12 heteroatoms. The molecular formula is C33H47N5O7. The number of esters is 1. The Morgan fingerprint density at radius 1 is 1.11 bits per heavy atom. The van der Waals surface area contributed by atoms with Gasteiger partial charge in [0.05, 0.1) is 12.5 Å². The van der Waals surface area contributed by atoms with E-state index in [-0.39, 0.29) is 54.5 Å². The molecule has 12 nitrogen and oxygen atoms in total. The molecule has 45 heavy (non-hydrogen) atoms. The molecule has 0 radical (unpaired) electrons. The summed E-state index contributed by atoms with van der Waals surface area (Å²) < 4.78 is 11.6. The minimum Gasteiger partial charge on any atom is -0.460 e. The highest BCUT2D eigenvalue weighted by Crippen LogP contribution is 2.26. The second kappa shape index (κ2) is 16.1. The molecule has 1 aromatic rings. The Morgan fingerprint density at radius 2 is 1.87 bits per heavy atom. The molecule has 2 N–H and O–H groups in total. The second-order valence-corrected chi connectivity index (χ2v) is 12.5. The fourth-order valence-electron chi connectivity index (χ4n) is 6.09. The van der Waals surface area contributed by atoms with Crippen LogP contribution in [0.1, 0.15) is 56.4 Å². The van der Waals surface area contributed by atoms with Crippen LogP contribution in [0.3, 0.4) is 0 Å². The number of cyclic esters (lactones) is 1. The van der Waals surface area contributed by atoms with E-state index in [2.05, 4.69) is 34.1 Å². The number of nitrogens with zero attached hydrogens (tertiary/aromatic N) is 4. The van der Waals surface area contributed by atoms with Crippen LogP contribution >= 0.6 is 0 Å². The standard InChI is InChI=1S/C33H47N5O7/c1-22-7-5-11-34-29(41)10-9-23(2)31(24(3)20-37-15-13-36(4)14-16-37)45-33(43)28-8-6-12-38(28)32(42)27-21-44-30(35-27)19-26(40)18-25(39)17-22/h5,7,9-10,17,21,23-25,28,31,39H,6,8,11-16,18-20H2,1-4H3,(H,34,41)/b7-5+,10-9+,22-17+/t23-,24+,25-,28-,31+/m1/s1. The van der Waals surface area contributed by atoms with Crippen LogP contribution in [0.5, 0.6) is 0 Å². The molecule has 2 amide bonds. The van der Waals surface area contributed by atoms with Crippen molar-refractivity contribution in [3.8, 4) is 0 Å². The van der Waals surface area contributed by atoms with Crippen LogP contribution in [0, 0.1) is 11.8 Å². The van der Waals surface area contributed by atoms with Gasteiger partial charge in [0, 0.05) is 64.1 Å². The van der Waals surface area contributed by atoms with Crippen LogP contribution in [0.2, 0.25) is 0 Å². The van der Waals surface area contributed by atoms with Gasteiger partial charge in [-0.05, 0) is 32.9 Å². The number of rotatable bonds is 3. The third-order valence-electron chi connectivity index (χ3n) is 8.60. The lowest BCUT2D eigenvalue weighted by Crippen LogP contribution is -2.49. The Bertz CT molecular complexity index is 1300. The molecule has 246 valence electrons. The summed E-state index contributed by atoms with van der Waals surface area (Å²) in [7, 11) is 2.10. The molecule has 0 spiro atoms. The minimum absolute atomic E-state index is 0.0135. The average Bonchev–Trinajstić information content (AvgIpc) is 3.67. The van der Waals surface area contributed by atoms with Crippen molar-refractivity contribution in [2.24, 2.45) is 11.8 Å². The number of oxazole rings is 1. The van der Waals surface area contributed by atoms with Gasteiger partial charge in [-0.2, -0.15) is 0 Å². The average molecular weight is 626 g/mol. The van der Waals surface area contributed by atoms with E-state index in [1.165, 1.54) is 17.2 Å². The number of fused-ring (bicyclic) bond motifs is 3. The first-order valence-corrected chi connectivity index (χ1v) is 15.9. The van der Waals surface area contributed by atoms with E-state index >= 15 is 0 Å². The maximum absolute atomic E-state index is 13.7. The quantitative estimate of drug-likeness (QED) is 0.477. The van der Waals surface area contributed by atoms with Crippen molar-refractivity contribution in [3.63, 3.8) is 0 Å². The highest BCUT2D eigenvalue weighted by molar-refractivity contribution is 5.95. The Hall–Kier alpha value is -3.61. The van der Waals surface area contributed by atoms with Crippen LogP contribution in [-0.4, -0.2) is 119 Å². The van der Waals surface area contributed by atoms with Gasteiger partial charge in [-0.3, -0.25) is 14.4 Å². The monoisotopic (exact) mass is 625 g/mol. The van der Waals surface area contributed by atoms with Crippen LogP contribution in [0.15, 0.2) is 46.6 Å². The number of aromatic nitrogens is 1. The van der Waals surface area contributed by atoms with E-state index in [0.717, 1.165) is 38.3 Å². The summed E-state index contributed by atoms with van der Waals surface area (Å²) in [5, 5.41) is 13.2. The number of aliphatic hydroxyl groups excluding tert-OH is 1. The summed E-state index contributed by atoms with van der Waals surface area (Å²) in [6.07, 6.45) is 8.72. The van der Waals surface area contributed by atoms with Crippen molar-refractivity contribution < 1.29 is 33.4 Å². The summed E-state index contributed by atoms with van der Waals surface area (Å²) in [6.45, 7) is 10.9. The molecule has 0 aliphatic carbocycles. The van der Waals surface area contributed by atoms with E-state index in [1.54, 1.807) is 31.2 Å². The highest BCUT2D eigenvalue weighted by Gasteiger charge is 2.39. The number of hydrogen-bond acceptors (Lipinski definition) is 10. The number of ketones is 1. The summed E-state index contributed by atoms with van der Waals surface area (Å²) in [4.78, 5) is 62.6. The number of hydrogen-bond donors (Lipinski definition) is 2. The lowest BCUT2D eigenvalue weighted by Gasteiger charge is -2.37. The number of allylic oxidation sites excluding steroid dienone is 2. The Balaban J connectivity index is 1.57. The smallest absolute Gasteiger partial charge is 0.329 e. The number of Topliss-reactive ketones (excluding diaryl/α,β-unsaturated/α-hetero) is 1. The second-order valence-electron chi connectivity index (χ2n) is 12.5. The molecular weight excluding hydrogens is 578 g/mol. The molecule has 0 saturated carbocycles. The minimum atomic E-state index is -1.01. The molecule has 3 aliphatic heterocycles. The van der Waals surface area contributed by atoms with Crippen LogP contribution < -0.4 is 5.32 Å². The first kappa shape index (κ1) is 34.3. The number of likely N-dealkylation sites (N-methyl/N-ethyl adjacent to an activating group) is 1. The molecule has 1 aromatic heterocycles. The Labute approximate surface area is 265 Å². The molecule has 5 atom stereocenters. The van der Waals surface area contributed by atoms with Crippen LogP contribution in [0.25, 0.3) is 0 Å². The molecule has 0 aromatic carbocycles. The lowest BCUT2D eigenvalue weighted by molar-refractivity contribution is -0.158. The summed E-state index contributed by atoms with van der Waals surface area (Å²) in [5.74, 6) is -1.78. The Kier molecular flexibility index (Phi) is 12.3. The van der Waals surface area contributed by atoms with Gasteiger partial charge in [0.1, 0.15) is 24.2 Å². The van der Waals surface area contributed by atoms with Crippen molar-refractivity contribution in [2.75, 3.05) is 52.9 Å².